The first-order valence-corrected chi connectivity index (χ1v) is 8.00. The van der Waals surface area contributed by atoms with E-state index in [1.807, 2.05) is 37.3 Å². The van der Waals surface area contributed by atoms with Crippen LogP contribution in [0, 0.1) is 6.92 Å². The molecule has 0 heterocycles. The second-order valence-electron chi connectivity index (χ2n) is 5.51. The molecule has 0 fully saturated rings. The highest BCUT2D eigenvalue weighted by Gasteiger charge is 2.06. The summed E-state index contributed by atoms with van der Waals surface area (Å²) in [6.07, 6.45) is 1.49. The van der Waals surface area contributed by atoms with Gasteiger partial charge in [-0.2, -0.15) is 4.99 Å². The van der Waals surface area contributed by atoms with E-state index in [2.05, 4.69) is 4.99 Å². The molecule has 0 aliphatic heterocycles. The quantitative estimate of drug-likeness (QED) is 0.397. The second kappa shape index (κ2) is 9.56. The Morgan fingerprint density at radius 2 is 1.63 bits per heavy atom. The van der Waals surface area contributed by atoms with Crippen LogP contribution in [0.4, 0.5) is 11.4 Å². The zero-order valence-electron chi connectivity index (χ0n) is 14.6. The topological polar surface area (TPSA) is 102 Å². The van der Waals surface area contributed by atoms with Gasteiger partial charge in [-0.3, -0.25) is 0 Å². The van der Waals surface area contributed by atoms with Crippen molar-refractivity contribution < 1.29 is 19.4 Å². The number of carboxylic acid groups (broad SMARTS) is 1. The van der Waals surface area contributed by atoms with Crippen molar-refractivity contribution in [3.8, 4) is 11.5 Å². The molecule has 27 heavy (non-hydrogen) atoms. The number of aromatic carboxylic acids is 1. The summed E-state index contributed by atoms with van der Waals surface area (Å²) in [4.78, 5) is 24.0. The van der Waals surface area contributed by atoms with E-state index in [1.165, 1.54) is 6.08 Å². The Balaban J connectivity index is 0.000000208. The van der Waals surface area contributed by atoms with E-state index < -0.39 is 5.97 Å². The van der Waals surface area contributed by atoms with E-state index in [-0.39, 0.29) is 5.56 Å². The van der Waals surface area contributed by atoms with Crippen molar-refractivity contribution in [2.75, 3.05) is 5.73 Å². The molecule has 3 aromatic rings. The van der Waals surface area contributed by atoms with Crippen LogP contribution >= 0.6 is 0 Å². The lowest BCUT2D eigenvalue weighted by Crippen LogP contribution is -2.02. The largest absolute Gasteiger partial charge is 0.478 e. The average molecular weight is 362 g/mol. The molecule has 0 saturated heterocycles. The molecule has 136 valence electrons. The van der Waals surface area contributed by atoms with Crippen molar-refractivity contribution in [2.24, 2.45) is 4.99 Å². The van der Waals surface area contributed by atoms with Gasteiger partial charge in [-0.25, -0.2) is 9.59 Å². The van der Waals surface area contributed by atoms with Crippen LogP contribution in [-0.2, 0) is 4.79 Å². The molecule has 0 atom stereocenters. The molecule has 3 rings (SSSR count). The average Bonchev–Trinajstić information content (AvgIpc) is 2.67. The number of hydrogen-bond acceptors (Lipinski definition) is 5. The molecule has 0 bridgehead atoms. The molecule has 6 nitrogen and oxygen atoms in total. The Labute approximate surface area is 156 Å². The molecule has 3 N–H and O–H groups in total. The van der Waals surface area contributed by atoms with E-state index >= 15 is 0 Å². The highest BCUT2D eigenvalue weighted by atomic mass is 16.5. The number of carbonyl (C=O) groups is 1. The van der Waals surface area contributed by atoms with Crippen LogP contribution in [0.3, 0.4) is 0 Å². The van der Waals surface area contributed by atoms with E-state index in [0.717, 1.165) is 11.3 Å². The Morgan fingerprint density at radius 1 is 1.00 bits per heavy atom. The van der Waals surface area contributed by atoms with Gasteiger partial charge in [-0.05, 0) is 55.5 Å². The maximum atomic E-state index is 10.5. The Bertz CT molecular complexity index is 948. The number of nitrogen functional groups attached to an aromatic ring is 1. The number of carboxylic acids is 1. The van der Waals surface area contributed by atoms with Gasteiger partial charge in [-0.1, -0.05) is 29.8 Å². The van der Waals surface area contributed by atoms with Crippen LogP contribution in [0.25, 0.3) is 0 Å². The van der Waals surface area contributed by atoms with Gasteiger partial charge in [-0.15, -0.1) is 0 Å². The van der Waals surface area contributed by atoms with Gasteiger partial charge >= 0.3 is 5.97 Å². The Hall–Kier alpha value is -3.89. The summed E-state index contributed by atoms with van der Waals surface area (Å²) in [5, 5.41) is 8.61. The van der Waals surface area contributed by atoms with E-state index in [4.69, 9.17) is 15.6 Å². The zero-order valence-corrected chi connectivity index (χ0v) is 14.6. The van der Waals surface area contributed by atoms with Gasteiger partial charge < -0.3 is 15.6 Å². The Morgan fingerprint density at radius 3 is 2.19 bits per heavy atom. The first-order valence-electron chi connectivity index (χ1n) is 8.00. The van der Waals surface area contributed by atoms with E-state index in [1.54, 1.807) is 42.5 Å². The fraction of sp³-hybridized carbons (Fsp3) is 0.0476. The van der Waals surface area contributed by atoms with Gasteiger partial charge in [0, 0.05) is 5.69 Å². The van der Waals surface area contributed by atoms with Crippen LogP contribution in [-0.4, -0.2) is 17.2 Å². The number of carbonyl (C=O) groups excluding carboxylic acids is 1. The number of benzene rings is 3. The number of anilines is 1. The summed E-state index contributed by atoms with van der Waals surface area (Å²) < 4.78 is 5.57. The molecule has 0 aliphatic carbocycles. The van der Waals surface area contributed by atoms with Crippen LogP contribution in [0.2, 0.25) is 0 Å². The van der Waals surface area contributed by atoms with Crippen molar-refractivity contribution in [1.82, 2.24) is 0 Å². The molecule has 0 radical (unpaired) electrons. The van der Waals surface area contributed by atoms with Crippen molar-refractivity contribution in [3.63, 3.8) is 0 Å². The van der Waals surface area contributed by atoms with Gasteiger partial charge in [0.05, 0.1) is 11.3 Å². The summed E-state index contributed by atoms with van der Waals surface area (Å²) in [6, 6.07) is 21.3. The summed E-state index contributed by atoms with van der Waals surface area (Å²) in [5.74, 6) is 0.497. The number of rotatable bonds is 4. The number of isocyanates is 1. The minimum absolute atomic E-state index is 0.171. The fourth-order valence-electron chi connectivity index (χ4n) is 2.12. The standard InChI is InChI=1S/C13H9NO2.C8H9NO2/c15-10-14-11-6-8-13(9-7-11)16-12-4-2-1-3-5-12;1-5-2-3-7(9)6(4-5)8(10)11/h1-9H;2-4H,9H2,1H3,(H,10,11). The predicted molar refractivity (Wildman–Crippen MR) is 103 cm³/mol. The molecule has 0 spiro atoms. The molecule has 3 aromatic carbocycles. The lowest BCUT2D eigenvalue weighted by atomic mass is 10.1. The molecule has 0 amide bonds. The molecule has 0 unspecified atom stereocenters. The minimum atomic E-state index is -0.980. The molecular weight excluding hydrogens is 344 g/mol. The third-order valence-electron chi connectivity index (χ3n) is 3.43. The molecule has 0 saturated carbocycles. The second-order valence-corrected chi connectivity index (χ2v) is 5.51. The molecule has 0 aliphatic rings. The monoisotopic (exact) mass is 362 g/mol. The summed E-state index contributed by atoms with van der Waals surface area (Å²) >= 11 is 0. The maximum Gasteiger partial charge on any atom is 0.337 e. The molecular formula is C21H18N2O4. The maximum absolute atomic E-state index is 10.5. The highest BCUT2D eigenvalue weighted by Crippen LogP contribution is 2.23. The van der Waals surface area contributed by atoms with E-state index in [0.29, 0.717) is 17.1 Å². The van der Waals surface area contributed by atoms with Crippen LogP contribution in [0.15, 0.2) is 77.8 Å². The number of nitrogens with two attached hydrogens (primary N) is 1. The minimum Gasteiger partial charge on any atom is -0.478 e. The number of ether oxygens (including phenoxy) is 1. The first-order chi connectivity index (χ1) is 13.0. The smallest absolute Gasteiger partial charge is 0.337 e. The fourth-order valence-corrected chi connectivity index (χ4v) is 2.12. The normalized spacial score (nSPS) is 9.37. The predicted octanol–water partition coefficient (Wildman–Crippen LogP) is 4.72. The van der Waals surface area contributed by atoms with Crippen molar-refractivity contribution >= 4 is 23.4 Å². The SMILES string of the molecule is Cc1ccc(N)c(C(=O)O)c1.O=C=Nc1ccc(Oc2ccccc2)cc1. The summed E-state index contributed by atoms with van der Waals surface area (Å²) in [7, 11) is 0. The number of aliphatic imine (C=N–C) groups is 1. The van der Waals surface area contributed by atoms with Gasteiger partial charge in [0.15, 0.2) is 0 Å². The highest BCUT2D eigenvalue weighted by molar-refractivity contribution is 5.93. The van der Waals surface area contributed by atoms with Crippen molar-refractivity contribution in [2.45, 2.75) is 6.92 Å². The van der Waals surface area contributed by atoms with Crippen LogP contribution < -0.4 is 10.5 Å². The third-order valence-corrected chi connectivity index (χ3v) is 3.43. The Kier molecular flexibility index (Phi) is 6.88. The van der Waals surface area contributed by atoms with Crippen molar-refractivity contribution in [1.29, 1.82) is 0 Å². The number of aryl methyl sites for hydroxylation is 1. The van der Waals surface area contributed by atoms with Gasteiger partial charge in [0.2, 0.25) is 6.08 Å². The van der Waals surface area contributed by atoms with Gasteiger partial charge in [0.25, 0.3) is 0 Å². The lowest BCUT2D eigenvalue weighted by Gasteiger charge is -2.04. The van der Waals surface area contributed by atoms with Crippen LogP contribution in [0.5, 0.6) is 11.5 Å². The third kappa shape index (κ3) is 6.16. The first kappa shape index (κ1) is 19.4. The number of nitrogens with zero attached hydrogens (tertiary/aromatic N) is 1. The molecule has 0 aromatic heterocycles. The zero-order chi connectivity index (χ0) is 19.6. The number of para-hydroxylation sites is 1. The van der Waals surface area contributed by atoms with Crippen molar-refractivity contribution in [3.05, 3.63) is 83.9 Å². The lowest BCUT2D eigenvalue weighted by molar-refractivity contribution is 0.0698. The van der Waals surface area contributed by atoms with E-state index in [9.17, 15) is 9.59 Å². The summed E-state index contributed by atoms with van der Waals surface area (Å²) in [6.45, 7) is 1.83. The van der Waals surface area contributed by atoms with Crippen LogP contribution in [0.1, 0.15) is 15.9 Å². The number of hydrogen-bond donors (Lipinski definition) is 2. The van der Waals surface area contributed by atoms with Gasteiger partial charge in [0.1, 0.15) is 11.5 Å². The summed E-state index contributed by atoms with van der Waals surface area (Å²) in [5.41, 5.74) is 7.35. The molecule has 6 heteroatoms.